The highest BCUT2D eigenvalue weighted by atomic mass is 16.2. The van der Waals surface area contributed by atoms with Gasteiger partial charge < -0.3 is 10.6 Å². The zero-order chi connectivity index (χ0) is 19.5. The molecule has 2 aliphatic rings. The molecule has 2 saturated carbocycles. The van der Waals surface area contributed by atoms with Crippen LogP contribution < -0.4 is 5.73 Å². The van der Waals surface area contributed by atoms with Crippen LogP contribution in [0.2, 0.25) is 0 Å². The Balaban J connectivity index is 1.47. The number of rotatable bonds is 5. The molecule has 2 fully saturated rings. The maximum Gasteiger partial charge on any atom is 0.225 e. The smallest absolute Gasteiger partial charge is 0.225 e. The van der Waals surface area contributed by atoms with E-state index in [-0.39, 0.29) is 5.92 Å². The van der Waals surface area contributed by atoms with Crippen molar-refractivity contribution in [3.8, 4) is 11.1 Å². The zero-order valence-corrected chi connectivity index (χ0v) is 16.8. The van der Waals surface area contributed by atoms with E-state index in [0.29, 0.717) is 30.3 Å². The molecule has 0 radical (unpaired) electrons. The number of nitrogens with two attached hydrogens (primary N) is 1. The number of benzene rings is 1. The maximum absolute atomic E-state index is 13.3. The van der Waals surface area contributed by atoms with Crippen LogP contribution in [0, 0.1) is 17.8 Å². The van der Waals surface area contributed by atoms with Gasteiger partial charge in [0, 0.05) is 37.4 Å². The Labute approximate surface area is 168 Å². The van der Waals surface area contributed by atoms with Crippen molar-refractivity contribution >= 4 is 5.91 Å². The van der Waals surface area contributed by atoms with Crippen LogP contribution in [0.1, 0.15) is 44.6 Å². The molecule has 0 spiro atoms. The van der Waals surface area contributed by atoms with Gasteiger partial charge in [-0.1, -0.05) is 24.6 Å². The fraction of sp³-hybridized carbons (Fsp3) is 0.500. The third-order valence-electron chi connectivity index (χ3n) is 6.77. The minimum atomic E-state index is 0.151. The van der Waals surface area contributed by atoms with Gasteiger partial charge >= 0.3 is 0 Å². The van der Waals surface area contributed by atoms with E-state index in [2.05, 4.69) is 36.2 Å². The molecule has 1 aromatic heterocycles. The van der Waals surface area contributed by atoms with Gasteiger partial charge in [-0.2, -0.15) is 0 Å². The predicted molar refractivity (Wildman–Crippen MR) is 112 cm³/mol. The molecule has 2 unspecified atom stereocenters. The first-order chi connectivity index (χ1) is 13.7. The van der Waals surface area contributed by atoms with Crippen LogP contribution in [-0.4, -0.2) is 28.4 Å². The molecule has 4 nitrogen and oxygen atoms in total. The summed E-state index contributed by atoms with van der Waals surface area (Å²) < 4.78 is 0. The van der Waals surface area contributed by atoms with Crippen LogP contribution >= 0.6 is 0 Å². The van der Waals surface area contributed by atoms with E-state index in [9.17, 15) is 4.79 Å². The van der Waals surface area contributed by atoms with Crippen molar-refractivity contribution in [3.05, 3.63) is 54.4 Å². The van der Waals surface area contributed by atoms with Crippen LogP contribution in [-0.2, 0) is 11.3 Å². The molecular formula is C24H31N3O. The fourth-order valence-corrected chi connectivity index (χ4v) is 5.21. The predicted octanol–water partition coefficient (Wildman–Crippen LogP) is 4.25. The van der Waals surface area contributed by atoms with Crippen molar-refractivity contribution in [2.24, 2.45) is 23.5 Å². The van der Waals surface area contributed by atoms with Gasteiger partial charge in [0.2, 0.25) is 5.91 Å². The highest BCUT2D eigenvalue weighted by Gasteiger charge is 2.41. The van der Waals surface area contributed by atoms with Crippen LogP contribution in [0.4, 0.5) is 0 Å². The Morgan fingerprint density at radius 2 is 1.82 bits per heavy atom. The van der Waals surface area contributed by atoms with E-state index in [1.54, 1.807) is 0 Å². The molecule has 1 heterocycles. The zero-order valence-electron chi connectivity index (χ0n) is 16.8. The average Bonchev–Trinajstić information content (AvgIpc) is 2.72. The molecule has 2 aromatic rings. The molecule has 2 N–H and O–H groups in total. The molecule has 4 rings (SSSR count). The molecule has 28 heavy (non-hydrogen) atoms. The second-order valence-corrected chi connectivity index (χ2v) is 8.49. The standard InChI is InChI=1S/C24H31N3O/c1-2-27(24(28)22-14-20-7-4-8-21(15-22)23(20)25)16-17-5-3-6-19(13-17)18-9-11-26-12-10-18/h3,5-6,9-13,20-23H,2,4,7-8,14-16,25H2,1H3. The normalized spacial score (nSPS) is 26.6. The van der Waals surface area contributed by atoms with E-state index in [1.165, 1.54) is 30.4 Å². The molecule has 1 amide bonds. The summed E-state index contributed by atoms with van der Waals surface area (Å²) in [7, 11) is 0. The van der Waals surface area contributed by atoms with Crippen molar-refractivity contribution in [1.82, 2.24) is 9.88 Å². The van der Waals surface area contributed by atoms with Gasteiger partial charge in [0.05, 0.1) is 0 Å². The SMILES string of the molecule is CCN(Cc1cccc(-c2ccncc2)c1)C(=O)C1CC2CCCC(C1)C2N. The first-order valence-electron chi connectivity index (χ1n) is 10.7. The lowest BCUT2D eigenvalue weighted by atomic mass is 9.65. The third-order valence-corrected chi connectivity index (χ3v) is 6.77. The van der Waals surface area contributed by atoms with Gasteiger partial charge in [-0.15, -0.1) is 0 Å². The largest absolute Gasteiger partial charge is 0.338 e. The van der Waals surface area contributed by atoms with Crippen LogP contribution in [0.3, 0.4) is 0 Å². The molecule has 2 bridgehead atoms. The van der Waals surface area contributed by atoms with Crippen molar-refractivity contribution in [2.75, 3.05) is 6.54 Å². The summed E-state index contributed by atoms with van der Waals surface area (Å²) in [5.74, 6) is 1.55. The highest BCUT2D eigenvalue weighted by molar-refractivity contribution is 5.79. The van der Waals surface area contributed by atoms with E-state index in [4.69, 9.17) is 5.73 Å². The molecule has 0 saturated heterocycles. The second-order valence-electron chi connectivity index (χ2n) is 8.49. The van der Waals surface area contributed by atoms with Gasteiger partial charge in [-0.3, -0.25) is 9.78 Å². The topological polar surface area (TPSA) is 59.2 Å². The first-order valence-corrected chi connectivity index (χ1v) is 10.7. The van der Waals surface area contributed by atoms with Gasteiger partial charge in [0.15, 0.2) is 0 Å². The van der Waals surface area contributed by atoms with Gasteiger partial charge in [-0.05, 0) is 79.3 Å². The van der Waals surface area contributed by atoms with Crippen molar-refractivity contribution in [3.63, 3.8) is 0 Å². The monoisotopic (exact) mass is 377 g/mol. The number of carbonyl (C=O) groups excluding carboxylic acids is 1. The highest BCUT2D eigenvalue weighted by Crippen LogP contribution is 2.42. The summed E-state index contributed by atoms with van der Waals surface area (Å²) in [6.07, 6.45) is 9.25. The molecule has 2 atom stereocenters. The number of carbonyl (C=O) groups is 1. The Hall–Kier alpha value is -2.20. The quantitative estimate of drug-likeness (QED) is 0.847. The Kier molecular flexibility index (Phi) is 5.77. The third kappa shape index (κ3) is 3.97. The van der Waals surface area contributed by atoms with Crippen LogP contribution in [0.15, 0.2) is 48.8 Å². The first kappa shape index (κ1) is 19.1. The lowest BCUT2D eigenvalue weighted by molar-refractivity contribution is -0.139. The number of amides is 1. The Bertz CT molecular complexity index is 793. The maximum atomic E-state index is 13.3. The minimum Gasteiger partial charge on any atom is -0.338 e. The van der Waals surface area contributed by atoms with Crippen LogP contribution in [0.25, 0.3) is 11.1 Å². The Morgan fingerprint density at radius 3 is 2.50 bits per heavy atom. The van der Waals surface area contributed by atoms with E-state index >= 15 is 0 Å². The number of hydrogen-bond acceptors (Lipinski definition) is 3. The van der Waals surface area contributed by atoms with Crippen molar-refractivity contribution < 1.29 is 4.79 Å². The average molecular weight is 378 g/mol. The molecule has 4 heteroatoms. The van der Waals surface area contributed by atoms with Gasteiger partial charge in [0.1, 0.15) is 0 Å². The molecule has 1 aromatic carbocycles. The number of pyridine rings is 1. The number of fused-ring (bicyclic) bond motifs is 2. The molecule has 0 aliphatic heterocycles. The van der Waals surface area contributed by atoms with Crippen molar-refractivity contribution in [2.45, 2.75) is 51.6 Å². The van der Waals surface area contributed by atoms with Crippen molar-refractivity contribution in [1.29, 1.82) is 0 Å². The Morgan fingerprint density at radius 1 is 1.11 bits per heavy atom. The van der Waals surface area contributed by atoms with E-state index in [0.717, 1.165) is 24.9 Å². The number of aromatic nitrogens is 1. The summed E-state index contributed by atoms with van der Waals surface area (Å²) >= 11 is 0. The lowest BCUT2D eigenvalue weighted by Crippen LogP contribution is -2.49. The molecule has 148 valence electrons. The summed E-state index contributed by atoms with van der Waals surface area (Å²) in [6.45, 7) is 3.50. The van der Waals surface area contributed by atoms with Crippen LogP contribution in [0.5, 0.6) is 0 Å². The molecule has 2 aliphatic carbocycles. The second kappa shape index (κ2) is 8.44. The lowest BCUT2D eigenvalue weighted by Gasteiger charge is -2.44. The molecular weight excluding hydrogens is 346 g/mol. The number of nitrogens with zero attached hydrogens (tertiary/aromatic N) is 2. The summed E-state index contributed by atoms with van der Waals surface area (Å²) in [5, 5.41) is 0. The van der Waals surface area contributed by atoms with E-state index in [1.807, 2.05) is 29.4 Å². The van der Waals surface area contributed by atoms with Gasteiger partial charge in [0.25, 0.3) is 0 Å². The summed E-state index contributed by atoms with van der Waals surface area (Å²) in [4.78, 5) is 19.4. The summed E-state index contributed by atoms with van der Waals surface area (Å²) in [5.41, 5.74) is 9.92. The van der Waals surface area contributed by atoms with E-state index < -0.39 is 0 Å². The minimum absolute atomic E-state index is 0.151. The fourth-order valence-electron chi connectivity index (χ4n) is 5.21. The summed E-state index contributed by atoms with van der Waals surface area (Å²) in [6, 6.07) is 12.8. The van der Waals surface area contributed by atoms with Gasteiger partial charge in [-0.25, -0.2) is 0 Å². The number of hydrogen-bond donors (Lipinski definition) is 1.